The van der Waals surface area contributed by atoms with Gasteiger partial charge < -0.3 is 5.11 Å². The Labute approximate surface area is 67.6 Å². The third-order valence-electron chi connectivity index (χ3n) is 2.43. The second-order valence-electron chi connectivity index (χ2n) is 3.41. The van der Waals surface area contributed by atoms with Crippen LogP contribution in [0.15, 0.2) is 0 Å². The van der Waals surface area contributed by atoms with Crippen molar-refractivity contribution in [1.29, 1.82) is 0 Å². The predicted octanol–water partition coefficient (Wildman–Crippen LogP) is 1.52. The van der Waals surface area contributed by atoms with E-state index < -0.39 is 6.10 Å². The van der Waals surface area contributed by atoms with Crippen LogP contribution in [0.2, 0.25) is 0 Å². The number of hydrogen-bond acceptors (Lipinski definition) is 2. The fourth-order valence-corrected chi connectivity index (χ4v) is 1.70. The van der Waals surface area contributed by atoms with Crippen molar-refractivity contribution in [2.45, 2.75) is 45.1 Å². The number of aliphatic hydroxyl groups excluding tert-OH is 1. The van der Waals surface area contributed by atoms with Crippen molar-refractivity contribution < 1.29 is 9.90 Å². The largest absolute Gasteiger partial charge is 0.393 e. The Kier molecular flexibility index (Phi) is 3.06. The number of ketones is 1. The zero-order valence-electron chi connectivity index (χ0n) is 7.05. The first kappa shape index (κ1) is 8.72. The van der Waals surface area contributed by atoms with Crippen molar-refractivity contribution >= 4 is 5.78 Å². The second-order valence-corrected chi connectivity index (χ2v) is 3.41. The van der Waals surface area contributed by atoms with Crippen LogP contribution in [0.5, 0.6) is 0 Å². The molecular weight excluding hydrogens is 140 g/mol. The van der Waals surface area contributed by atoms with Crippen molar-refractivity contribution in [3.05, 3.63) is 0 Å². The van der Waals surface area contributed by atoms with Gasteiger partial charge in [-0.1, -0.05) is 12.8 Å². The number of rotatable bonds is 1. The molecule has 0 aliphatic heterocycles. The summed E-state index contributed by atoms with van der Waals surface area (Å²) in [6.45, 7) is 1.72. The summed E-state index contributed by atoms with van der Waals surface area (Å²) in [5.74, 6) is 0.190. The highest BCUT2D eigenvalue weighted by Crippen LogP contribution is 2.22. The third kappa shape index (κ3) is 2.29. The topological polar surface area (TPSA) is 37.3 Å². The maximum absolute atomic E-state index is 11.3. The van der Waals surface area contributed by atoms with E-state index in [1.165, 1.54) is 0 Å². The second kappa shape index (κ2) is 3.86. The lowest BCUT2D eigenvalue weighted by atomic mass is 9.94. The van der Waals surface area contributed by atoms with E-state index in [4.69, 9.17) is 0 Å². The summed E-state index contributed by atoms with van der Waals surface area (Å²) in [6, 6.07) is 0. The summed E-state index contributed by atoms with van der Waals surface area (Å²) in [5, 5.41) is 9.25. The maximum Gasteiger partial charge on any atom is 0.138 e. The van der Waals surface area contributed by atoms with Crippen LogP contribution < -0.4 is 0 Å². The third-order valence-corrected chi connectivity index (χ3v) is 2.43. The van der Waals surface area contributed by atoms with E-state index >= 15 is 0 Å². The number of aliphatic hydroxyl groups is 1. The van der Waals surface area contributed by atoms with Crippen molar-refractivity contribution in [2.75, 3.05) is 0 Å². The minimum absolute atomic E-state index is 0.0718. The van der Waals surface area contributed by atoms with Crippen LogP contribution in [0, 0.1) is 5.92 Å². The van der Waals surface area contributed by atoms with Crippen LogP contribution >= 0.6 is 0 Å². The Morgan fingerprint density at radius 1 is 1.45 bits per heavy atom. The van der Waals surface area contributed by atoms with Gasteiger partial charge in [-0.25, -0.2) is 0 Å². The van der Waals surface area contributed by atoms with Gasteiger partial charge in [-0.05, 0) is 19.8 Å². The Balaban J connectivity index is 2.52. The molecule has 1 saturated carbocycles. The van der Waals surface area contributed by atoms with Crippen LogP contribution in [0.4, 0.5) is 0 Å². The lowest BCUT2D eigenvalue weighted by Gasteiger charge is -2.15. The zero-order valence-corrected chi connectivity index (χ0v) is 7.05. The number of hydrogen-bond donors (Lipinski definition) is 1. The number of carbonyl (C=O) groups excluding carboxylic acids is 1. The fourth-order valence-electron chi connectivity index (χ4n) is 1.70. The molecule has 2 nitrogen and oxygen atoms in total. The molecule has 2 atom stereocenters. The molecule has 0 aromatic rings. The fraction of sp³-hybridized carbons (Fsp3) is 0.889. The summed E-state index contributed by atoms with van der Waals surface area (Å²) in [6.07, 6.45) is 4.38. The molecular formula is C9H16O2. The van der Waals surface area contributed by atoms with Gasteiger partial charge in [0, 0.05) is 12.3 Å². The minimum Gasteiger partial charge on any atom is -0.393 e. The molecule has 2 heteroatoms. The summed E-state index contributed by atoms with van der Waals surface area (Å²) < 4.78 is 0. The van der Waals surface area contributed by atoms with Gasteiger partial charge in [0.05, 0.1) is 6.10 Å². The van der Waals surface area contributed by atoms with E-state index in [0.717, 1.165) is 25.7 Å². The molecule has 0 spiro atoms. The highest BCUT2D eigenvalue weighted by molar-refractivity contribution is 5.81. The first-order valence-corrected chi connectivity index (χ1v) is 4.42. The molecule has 0 aromatic heterocycles. The Bertz CT molecular complexity index is 140. The van der Waals surface area contributed by atoms with Gasteiger partial charge in [-0.15, -0.1) is 0 Å². The van der Waals surface area contributed by atoms with E-state index in [2.05, 4.69) is 0 Å². The highest BCUT2D eigenvalue weighted by atomic mass is 16.3. The zero-order chi connectivity index (χ0) is 8.27. The molecule has 0 radical (unpaired) electrons. The lowest BCUT2D eigenvalue weighted by molar-refractivity contribution is -0.125. The van der Waals surface area contributed by atoms with E-state index in [0.29, 0.717) is 6.42 Å². The van der Waals surface area contributed by atoms with Crippen LogP contribution in [0.3, 0.4) is 0 Å². The van der Waals surface area contributed by atoms with Gasteiger partial charge in [-0.3, -0.25) is 4.79 Å². The van der Waals surface area contributed by atoms with E-state index in [9.17, 15) is 9.90 Å². The van der Waals surface area contributed by atoms with Crippen molar-refractivity contribution in [1.82, 2.24) is 0 Å². The maximum atomic E-state index is 11.3. The molecule has 1 fully saturated rings. The van der Waals surface area contributed by atoms with Crippen molar-refractivity contribution in [3.63, 3.8) is 0 Å². The van der Waals surface area contributed by atoms with Gasteiger partial charge in [0.1, 0.15) is 5.78 Å². The molecule has 1 rings (SSSR count). The van der Waals surface area contributed by atoms with E-state index in [1.54, 1.807) is 6.92 Å². The van der Waals surface area contributed by atoms with Crippen molar-refractivity contribution in [3.8, 4) is 0 Å². The normalized spacial score (nSPS) is 29.6. The molecule has 1 aliphatic rings. The standard InChI is InChI=1S/C9H16O2/c1-7(10)8-5-3-2-4-6-9(8)11/h7-8,10H,2-6H2,1H3. The number of Topliss-reactive ketones (excluding diaryl/α,β-unsaturated/α-hetero) is 1. The molecule has 2 unspecified atom stereocenters. The average Bonchev–Trinajstić information content (AvgIpc) is 2.13. The molecule has 0 heterocycles. The molecule has 1 N–H and O–H groups in total. The Hall–Kier alpha value is -0.370. The highest BCUT2D eigenvalue weighted by Gasteiger charge is 2.24. The molecule has 0 bridgehead atoms. The van der Waals surface area contributed by atoms with Crippen molar-refractivity contribution in [2.24, 2.45) is 5.92 Å². The predicted molar refractivity (Wildman–Crippen MR) is 43.3 cm³/mol. The first-order valence-electron chi connectivity index (χ1n) is 4.42. The van der Waals surface area contributed by atoms with Crippen LogP contribution in [0.1, 0.15) is 39.0 Å². The lowest BCUT2D eigenvalue weighted by Crippen LogP contribution is -2.24. The SMILES string of the molecule is CC(O)C1CCCCCC1=O. The average molecular weight is 156 g/mol. The van der Waals surface area contributed by atoms with Crippen LogP contribution in [0.25, 0.3) is 0 Å². The van der Waals surface area contributed by atoms with Gasteiger partial charge in [0.15, 0.2) is 0 Å². The van der Waals surface area contributed by atoms with Gasteiger partial charge in [-0.2, -0.15) is 0 Å². The molecule has 0 aromatic carbocycles. The number of carbonyl (C=O) groups is 1. The Morgan fingerprint density at radius 3 is 2.82 bits per heavy atom. The quantitative estimate of drug-likeness (QED) is 0.584. The van der Waals surface area contributed by atoms with Gasteiger partial charge in [0.2, 0.25) is 0 Å². The van der Waals surface area contributed by atoms with Crippen LogP contribution in [-0.2, 0) is 4.79 Å². The monoisotopic (exact) mass is 156 g/mol. The van der Waals surface area contributed by atoms with E-state index in [1.807, 2.05) is 0 Å². The summed E-state index contributed by atoms with van der Waals surface area (Å²) >= 11 is 0. The smallest absolute Gasteiger partial charge is 0.138 e. The first-order chi connectivity index (χ1) is 5.22. The van der Waals surface area contributed by atoms with Crippen LogP contribution in [-0.4, -0.2) is 17.0 Å². The summed E-state index contributed by atoms with van der Waals surface area (Å²) in [4.78, 5) is 11.3. The Morgan fingerprint density at radius 2 is 2.18 bits per heavy atom. The molecule has 0 saturated heterocycles. The van der Waals surface area contributed by atoms with Gasteiger partial charge in [0.25, 0.3) is 0 Å². The molecule has 0 amide bonds. The summed E-state index contributed by atoms with van der Waals surface area (Å²) in [5.41, 5.74) is 0. The molecule has 1 aliphatic carbocycles. The molecule has 11 heavy (non-hydrogen) atoms. The van der Waals surface area contributed by atoms with Gasteiger partial charge >= 0.3 is 0 Å². The molecule has 64 valence electrons. The van der Waals surface area contributed by atoms with E-state index in [-0.39, 0.29) is 11.7 Å². The summed E-state index contributed by atoms with van der Waals surface area (Å²) in [7, 11) is 0. The minimum atomic E-state index is -0.444.